The molecule has 2 aromatic carbocycles. The molecular weight excluding hydrogens is 244 g/mol. The summed E-state index contributed by atoms with van der Waals surface area (Å²) in [5, 5.41) is 2.24. The Kier molecular flexibility index (Phi) is 3.59. The summed E-state index contributed by atoms with van der Waals surface area (Å²) in [6.07, 6.45) is 11.3. The maximum absolute atomic E-state index is 5.65. The summed E-state index contributed by atoms with van der Waals surface area (Å²) >= 11 is 0. The summed E-state index contributed by atoms with van der Waals surface area (Å²) in [5.74, 6) is 5.52. The summed E-state index contributed by atoms with van der Waals surface area (Å²) in [5.41, 5.74) is 3.82. The third-order valence-electron chi connectivity index (χ3n) is 3.34. The molecule has 0 aliphatic rings. The maximum atomic E-state index is 5.65. The molecule has 0 saturated carbocycles. The van der Waals surface area contributed by atoms with E-state index in [1.807, 2.05) is 62.3 Å². The van der Waals surface area contributed by atoms with E-state index in [4.69, 9.17) is 12.8 Å². The first-order valence-electron chi connectivity index (χ1n) is 6.38. The van der Waals surface area contributed by atoms with Crippen LogP contribution in [0.15, 0.2) is 24.3 Å². The highest BCUT2D eigenvalue weighted by atomic mass is 15.1. The lowest BCUT2D eigenvalue weighted by molar-refractivity contribution is 1.12. The van der Waals surface area contributed by atoms with E-state index in [1.54, 1.807) is 0 Å². The molecule has 0 aliphatic carbocycles. The van der Waals surface area contributed by atoms with E-state index < -0.39 is 0 Å². The number of hydrogen-bond donors (Lipinski definition) is 0. The van der Waals surface area contributed by atoms with Gasteiger partial charge in [-0.25, -0.2) is 0 Å². The van der Waals surface area contributed by atoms with Crippen LogP contribution in [0.3, 0.4) is 0 Å². The molecule has 0 radical (unpaired) electrons. The molecule has 0 unspecified atom stereocenters. The van der Waals surface area contributed by atoms with Gasteiger partial charge in [-0.05, 0) is 17.5 Å². The molecule has 0 atom stereocenters. The minimum absolute atomic E-state index is 0.875. The summed E-state index contributed by atoms with van der Waals surface area (Å²) < 4.78 is 0. The summed E-state index contributed by atoms with van der Waals surface area (Å²) in [7, 11) is 7.99. The van der Waals surface area contributed by atoms with Gasteiger partial charge in [-0.3, -0.25) is 0 Å². The Bertz CT molecular complexity index is 680. The predicted molar refractivity (Wildman–Crippen MR) is 88.5 cm³/mol. The molecule has 2 heteroatoms. The molecule has 100 valence electrons. The first-order valence-corrected chi connectivity index (χ1v) is 6.38. The second kappa shape index (κ2) is 5.19. The fourth-order valence-corrected chi connectivity index (χ4v) is 2.54. The van der Waals surface area contributed by atoms with Gasteiger partial charge < -0.3 is 9.80 Å². The first-order chi connectivity index (χ1) is 9.51. The first kappa shape index (κ1) is 13.8. The van der Waals surface area contributed by atoms with Crippen LogP contribution in [0.4, 0.5) is 11.4 Å². The molecule has 2 nitrogen and oxygen atoms in total. The van der Waals surface area contributed by atoms with Crippen molar-refractivity contribution < 1.29 is 0 Å². The largest absolute Gasteiger partial charge is 0.376 e. The Morgan fingerprint density at radius 3 is 1.45 bits per heavy atom. The average Bonchev–Trinajstić information content (AvgIpc) is 2.43. The zero-order valence-corrected chi connectivity index (χ0v) is 12.4. The third-order valence-corrected chi connectivity index (χ3v) is 3.34. The monoisotopic (exact) mass is 262 g/mol. The molecule has 20 heavy (non-hydrogen) atoms. The quantitative estimate of drug-likeness (QED) is 0.768. The van der Waals surface area contributed by atoms with Gasteiger partial charge in [-0.15, -0.1) is 12.8 Å². The van der Waals surface area contributed by atoms with Crippen LogP contribution in [0, 0.1) is 24.7 Å². The van der Waals surface area contributed by atoms with Gasteiger partial charge in [0.1, 0.15) is 0 Å². The second-order valence-corrected chi connectivity index (χ2v) is 5.10. The van der Waals surface area contributed by atoms with Crippen LogP contribution >= 0.6 is 0 Å². The van der Waals surface area contributed by atoms with E-state index in [1.165, 1.54) is 0 Å². The number of nitrogens with zero attached hydrogens (tertiary/aromatic N) is 2. The molecule has 0 aromatic heterocycles. The smallest absolute Gasteiger partial charge is 0.0621 e. The Morgan fingerprint density at radius 1 is 0.750 bits per heavy atom. The number of benzene rings is 2. The van der Waals surface area contributed by atoms with Gasteiger partial charge in [0.05, 0.1) is 11.4 Å². The number of rotatable bonds is 2. The SMILES string of the molecule is C#Cc1ccc2ccc(C#C)c(N(C)C)c2c1N(C)C. The molecule has 0 heterocycles. The molecule has 0 N–H and O–H groups in total. The predicted octanol–water partition coefficient (Wildman–Crippen LogP) is 2.93. The lowest BCUT2D eigenvalue weighted by Gasteiger charge is -2.24. The highest BCUT2D eigenvalue weighted by Gasteiger charge is 2.16. The summed E-state index contributed by atoms with van der Waals surface area (Å²) in [6, 6.07) is 8.05. The van der Waals surface area contributed by atoms with Gasteiger partial charge in [0.2, 0.25) is 0 Å². The highest BCUT2D eigenvalue weighted by molar-refractivity contribution is 6.07. The van der Waals surface area contributed by atoms with E-state index in [0.29, 0.717) is 0 Å². The second-order valence-electron chi connectivity index (χ2n) is 5.10. The number of fused-ring (bicyclic) bond motifs is 1. The van der Waals surface area contributed by atoms with Gasteiger partial charge in [-0.1, -0.05) is 24.0 Å². The van der Waals surface area contributed by atoms with Crippen molar-refractivity contribution in [2.75, 3.05) is 38.0 Å². The Labute approximate surface area is 121 Å². The van der Waals surface area contributed by atoms with Crippen LogP contribution in [0.25, 0.3) is 10.8 Å². The third kappa shape index (κ3) is 2.06. The van der Waals surface area contributed by atoms with Crippen molar-refractivity contribution in [3.8, 4) is 24.7 Å². The average molecular weight is 262 g/mol. The Morgan fingerprint density at radius 2 is 1.15 bits per heavy atom. The molecule has 0 aliphatic heterocycles. The van der Waals surface area contributed by atoms with Crippen LogP contribution in [0.5, 0.6) is 0 Å². The van der Waals surface area contributed by atoms with Gasteiger partial charge >= 0.3 is 0 Å². The van der Waals surface area contributed by atoms with Crippen molar-refractivity contribution in [2.24, 2.45) is 0 Å². The fourth-order valence-electron chi connectivity index (χ4n) is 2.54. The molecule has 0 spiro atoms. The van der Waals surface area contributed by atoms with Crippen molar-refractivity contribution in [3.05, 3.63) is 35.4 Å². The molecular formula is C18H18N2. The van der Waals surface area contributed by atoms with Crippen molar-refractivity contribution in [3.63, 3.8) is 0 Å². The minimum atomic E-state index is 0.875. The standard InChI is InChI=1S/C18H18N2/c1-7-13-9-11-15-12-10-14(8-2)18(20(5)6)16(15)17(13)19(3)4/h1-2,9-12H,3-6H3. The summed E-state index contributed by atoms with van der Waals surface area (Å²) in [6.45, 7) is 0. The Hall–Kier alpha value is -2.58. The zero-order chi connectivity index (χ0) is 14.9. The molecule has 0 fully saturated rings. The van der Waals surface area contributed by atoms with Gasteiger partial charge in [0, 0.05) is 44.7 Å². The molecule has 0 bridgehead atoms. The van der Waals surface area contributed by atoms with Crippen molar-refractivity contribution in [1.82, 2.24) is 0 Å². The minimum Gasteiger partial charge on any atom is -0.376 e. The number of anilines is 2. The highest BCUT2D eigenvalue weighted by Crippen LogP contribution is 2.38. The molecule has 0 amide bonds. The fraction of sp³-hybridized carbons (Fsp3) is 0.222. The molecule has 2 rings (SSSR count). The number of hydrogen-bond acceptors (Lipinski definition) is 2. The van der Waals surface area contributed by atoms with Crippen LogP contribution < -0.4 is 9.80 Å². The van der Waals surface area contributed by atoms with E-state index in [0.717, 1.165) is 33.3 Å². The van der Waals surface area contributed by atoms with E-state index in [-0.39, 0.29) is 0 Å². The lowest BCUT2D eigenvalue weighted by atomic mass is 9.98. The van der Waals surface area contributed by atoms with Crippen molar-refractivity contribution >= 4 is 22.1 Å². The topological polar surface area (TPSA) is 6.48 Å². The lowest BCUT2D eigenvalue weighted by Crippen LogP contribution is -2.15. The summed E-state index contributed by atoms with van der Waals surface area (Å²) in [4.78, 5) is 4.09. The normalized spacial score (nSPS) is 9.90. The van der Waals surface area contributed by atoms with Crippen molar-refractivity contribution in [1.29, 1.82) is 0 Å². The van der Waals surface area contributed by atoms with Crippen molar-refractivity contribution in [2.45, 2.75) is 0 Å². The van der Waals surface area contributed by atoms with E-state index in [2.05, 4.69) is 11.8 Å². The molecule has 0 saturated heterocycles. The number of terminal acetylenes is 2. The zero-order valence-electron chi connectivity index (χ0n) is 12.4. The Balaban J connectivity index is 3.05. The molecule has 2 aromatic rings. The van der Waals surface area contributed by atoms with E-state index >= 15 is 0 Å². The van der Waals surface area contributed by atoms with Crippen LogP contribution in [0.2, 0.25) is 0 Å². The van der Waals surface area contributed by atoms with Gasteiger partial charge in [0.15, 0.2) is 0 Å². The van der Waals surface area contributed by atoms with Crippen LogP contribution in [0.1, 0.15) is 11.1 Å². The maximum Gasteiger partial charge on any atom is 0.0621 e. The van der Waals surface area contributed by atoms with Crippen LogP contribution in [-0.4, -0.2) is 28.2 Å². The van der Waals surface area contributed by atoms with Gasteiger partial charge in [0.25, 0.3) is 0 Å². The van der Waals surface area contributed by atoms with E-state index in [9.17, 15) is 0 Å². The van der Waals surface area contributed by atoms with Gasteiger partial charge in [-0.2, -0.15) is 0 Å². The van der Waals surface area contributed by atoms with Crippen LogP contribution in [-0.2, 0) is 0 Å².